The fourth-order valence-corrected chi connectivity index (χ4v) is 3.07. The van der Waals surface area contributed by atoms with Crippen molar-refractivity contribution in [1.82, 2.24) is 0 Å². The summed E-state index contributed by atoms with van der Waals surface area (Å²) in [5, 5.41) is 0. The van der Waals surface area contributed by atoms with Gasteiger partial charge >= 0.3 is 0 Å². The van der Waals surface area contributed by atoms with E-state index in [0.29, 0.717) is 6.42 Å². The second-order valence-electron chi connectivity index (χ2n) is 4.91. The molecular weight excluding hydrogens is 232 g/mol. The Morgan fingerprint density at radius 1 is 1.25 bits per heavy atom. The molecule has 0 amide bonds. The zero-order valence-corrected chi connectivity index (χ0v) is 10.6. The quantitative estimate of drug-likeness (QED) is 0.685. The van der Waals surface area contributed by atoms with Crippen LogP contribution in [0.2, 0.25) is 0 Å². The Morgan fingerprint density at radius 2 is 1.94 bits per heavy atom. The lowest BCUT2D eigenvalue weighted by Crippen LogP contribution is -2.41. The first-order valence-corrected chi connectivity index (χ1v) is 7.32. The Morgan fingerprint density at radius 3 is 2.56 bits per heavy atom. The number of hydrogen-bond acceptors (Lipinski definition) is 5. The van der Waals surface area contributed by atoms with E-state index in [0.717, 1.165) is 19.1 Å². The van der Waals surface area contributed by atoms with Gasteiger partial charge in [-0.1, -0.05) is 0 Å². The molecule has 1 saturated heterocycles. The van der Waals surface area contributed by atoms with Crippen molar-refractivity contribution in [3.63, 3.8) is 0 Å². The van der Waals surface area contributed by atoms with Gasteiger partial charge < -0.3 is 9.47 Å². The number of fused-ring (bicyclic) bond motifs is 1. The fraction of sp³-hybridized carbons (Fsp3) is 1.00. The third-order valence-electron chi connectivity index (χ3n) is 2.86. The molecular formula is C10H18O5S. The number of hydrogen-bond donors (Lipinski definition) is 0. The summed E-state index contributed by atoms with van der Waals surface area (Å²) in [5.41, 5.74) is 0. The van der Waals surface area contributed by atoms with Gasteiger partial charge in [0.25, 0.3) is 10.1 Å². The molecule has 0 radical (unpaired) electrons. The second kappa shape index (κ2) is 3.94. The van der Waals surface area contributed by atoms with Crippen LogP contribution in [0.5, 0.6) is 0 Å². The first-order valence-electron chi connectivity index (χ1n) is 5.51. The predicted molar refractivity (Wildman–Crippen MR) is 57.4 cm³/mol. The van der Waals surface area contributed by atoms with Crippen LogP contribution in [0.4, 0.5) is 0 Å². The summed E-state index contributed by atoms with van der Waals surface area (Å²) >= 11 is 0. The summed E-state index contributed by atoms with van der Waals surface area (Å²) in [7, 11) is -3.44. The molecule has 3 atom stereocenters. The van der Waals surface area contributed by atoms with Crippen molar-refractivity contribution < 1.29 is 22.1 Å². The standard InChI is InChI=1S/C10H18O5S/c1-10(2)13-7-5-4-6-8(9(7)14-10)15-16(3,11)12/h7-9H,4-6H2,1-3H3/t7-,8-,9-/m1/s1. The van der Waals surface area contributed by atoms with Gasteiger partial charge in [0.2, 0.25) is 0 Å². The highest BCUT2D eigenvalue weighted by Gasteiger charge is 2.48. The Bertz CT molecular complexity index is 361. The summed E-state index contributed by atoms with van der Waals surface area (Å²) in [5.74, 6) is -0.640. The minimum atomic E-state index is -3.44. The van der Waals surface area contributed by atoms with E-state index in [4.69, 9.17) is 13.7 Å². The number of ether oxygens (including phenoxy) is 2. The topological polar surface area (TPSA) is 61.8 Å². The van der Waals surface area contributed by atoms with E-state index in [2.05, 4.69) is 0 Å². The zero-order valence-electron chi connectivity index (χ0n) is 9.80. The maximum absolute atomic E-state index is 11.1. The Labute approximate surface area is 96.2 Å². The molecule has 6 heteroatoms. The van der Waals surface area contributed by atoms with Crippen molar-refractivity contribution in [1.29, 1.82) is 0 Å². The minimum absolute atomic E-state index is 0.0458. The van der Waals surface area contributed by atoms with E-state index in [9.17, 15) is 8.42 Å². The van der Waals surface area contributed by atoms with Crippen molar-refractivity contribution in [3.05, 3.63) is 0 Å². The first kappa shape index (κ1) is 12.3. The van der Waals surface area contributed by atoms with Gasteiger partial charge in [-0.25, -0.2) is 0 Å². The Balaban J connectivity index is 2.10. The molecule has 0 aromatic heterocycles. The highest BCUT2D eigenvalue weighted by Crippen LogP contribution is 2.38. The average Bonchev–Trinajstić information content (AvgIpc) is 2.37. The van der Waals surface area contributed by atoms with Crippen LogP contribution in [0.15, 0.2) is 0 Å². The van der Waals surface area contributed by atoms with Crippen molar-refractivity contribution in [2.45, 2.75) is 57.2 Å². The van der Waals surface area contributed by atoms with E-state index >= 15 is 0 Å². The van der Waals surface area contributed by atoms with Crippen molar-refractivity contribution >= 4 is 10.1 Å². The van der Waals surface area contributed by atoms with Gasteiger partial charge in [-0.15, -0.1) is 0 Å². The van der Waals surface area contributed by atoms with Crippen LogP contribution in [-0.2, 0) is 23.8 Å². The molecule has 0 spiro atoms. The molecule has 1 aliphatic carbocycles. The van der Waals surface area contributed by atoms with Gasteiger partial charge in [0, 0.05) is 0 Å². The summed E-state index contributed by atoms with van der Waals surface area (Å²) in [6.45, 7) is 3.67. The largest absolute Gasteiger partial charge is 0.344 e. The van der Waals surface area contributed by atoms with Crippen LogP contribution >= 0.6 is 0 Å². The monoisotopic (exact) mass is 250 g/mol. The third-order valence-corrected chi connectivity index (χ3v) is 3.46. The second-order valence-corrected chi connectivity index (χ2v) is 6.51. The van der Waals surface area contributed by atoms with Gasteiger partial charge in [0.05, 0.1) is 12.4 Å². The van der Waals surface area contributed by atoms with Crippen molar-refractivity contribution in [3.8, 4) is 0 Å². The summed E-state index contributed by atoms with van der Waals surface area (Å²) in [4.78, 5) is 0. The highest BCUT2D eigenvalue weighted by atomic mass is 32.2. The van der Waals surface area contributed by atoms with Gasteiger partial charge in [0.1, 0.15) is 12.2 Å². The molecule has 2 rings (SSSR count). The normalized spacial score (nSPS) is 38.3. The SMILES string of the molecule is CC1(C)O[C@@H]2[C@@H](CCC[C@H]2OS(C)(=O)=O)O1. The summed E-state index contributed by atoms with van der Waals surface area (Å²) in [6, 6.07) is 0. The molecule has 0 aromatic rings. The van der Waals surface area contributed by atoms with E-state index in [-0.39, 0.29) is 12.2 Å². The van der Waals surface area contributed by atoms with E-state index in [1.54, 1.807) is 0 Å². The average molecular weight is 250 g/mol. The Kier molecular flexibility index (Phi) is 3.03. The maximum atomic E-state index is 11.1. The molecule has 1 heterocycles. The van der Waals surface area contributed by atoms with Gasteiger partial charge in [0.15, 0.2) is 5.79 Å². The van der Waals surface area contributed by atoms with Crippen molar-refractivity contribution in [2.24, 2.45) is 0 Å². The van der Waals surface area contributed by atoms with Crippen LogP contribution in [0, 0.1) is 0 Å². The smallest absolute Gasteiger partial charge is 0.264 e. The fourth-order valence-electron chi connectivity index (χ4n) is 2.41. The molecule has 0 unspecified atom stereocenters. The van der Waals surface area contributed by atoms with Gasteiger partial charge in [-0.2, -0.15) is 8.42 Å². The molecule has 1 aliphatic heterocycles. The van der Waals surface area contributed by atoms with E-state index in [1.165, 1.54) is 0 Å². The number of rotatable bonds is 2. The zero-order chi connectivity index (χ0) is 12.0. The Hall–Kier alpha value is -0.170. The predicted octanol–water partition coefficient (Wildman–Crippen LogP) is 1.04. The lowest BCUT2D eigenvalue weighted by Gasteiger charge is -2.29. The van der Waals surface area contributed by atoms with Crippen LogP contribution in [0.3, 0.4) is 0 Å². The molecule has 5 nitrogen and oxygen atoms in total. The maximum Gasteiger partial charge on any atom is 0.264 e. The van der Waals surface area contributed by atoms with E-state index in [1.807, 2.05) is 13.8 Å². The molecule has 16 heavy (non-hydrogen) atoms. The van der Waals surface area contributed by atoms with Crippen LogP contribution < -0.4 is 0 Å². The molecule has 0 bridgehead atoms. The van der Waals surface area contributed by atoms with Gasteiger partial charge in [-0.05, 0) is 33.1 Å². The third kappa shape index (κ3) is 2.74. The van der Waals surface area contributed by atoms with Crippen LogP contribution in [0.25, 0.3) is 0 Å². The molecule has 2 fully saturated rings. The van der Waals surface area contributed by atoms with Gasteiger partial charge in [-0.3, -0.25) is 4.18 Å². The lowest BCUT2D eigenvalue weighted by molar-refractivity contribution is -0.151. The van der Waals surface area contributed by atoms with Crippen molar-refractivity contribution in [2.75, 3.05) is 6.26 Å². The molecule has 2 aliphatic rings. The minimum Gasteiger partial charge on any atom is -0.344 e. The van der Waals surface area contributed by atoms with Crippen LogP contribution in [0.1, 0.15) is 33.1 Å². The first-order chi connectivity index (χ1) is 7.27. The summed E-state index contributed by atoms with van der Waals surface area (Å²) < 4.78 is 38.7. The molecule has 1 saturated carbocycles. The molecule has 0 aromatic carbocycles. The van der Waals surface area contributed by atoms with Crippen LogP contribution in [-0.4, -0.2) is 38.8 Å². The molecule has 0 N–H and O–H groups in total. The lowest BCUT2D eigenvalue weighted by atomic mass is 9.92. The summed E-state index contributed by atoms with van der Waals surface area (Å²) in [6.07, 6.45) is 2.86. The highest BCUT2D eigenvalue weighted by molar-refractivity contribution is 7.86. The van der Waals surface area contributed by atoms with E-state index < -0.39 is 22.0 Å². The molecule has 94 valence electrons.